The van der Waals surface area contributed by atoms with E-state index in [2.05, 4.69) is 10.2 Å². The monoisotopic (exact) mass is 359 g/mol. The number of esters is 1. The van der Waals surface area contributed by atoms with Crippen molar-refractivity contribution in [3.8, 4) is 5.75 Å². The van der Waals surface area contributed by atoms with Crippen LogP contribution in [0, 0.1) is 5.82 Å². The number of carbonyl (C=O) groups is 1. The molecular weight excluding hydrogens is 345 g/mol. The van der Waals surface area contributed by atoms with E-state index >= 15 is 0 Å². The van der Waals surface area contributed by atoms with E-state index in [1.807, 2.05) is 0 Å². The van der Waals surface area contributed by atoms with Gasteiger partial charge in [0.2, 0.25) is 0 Å². The first-order valence-corrected chi connectivity index (χ1v) is 8.12. The number of nitrogens with zero attached hydrogens (tertiary/aromatic N) is 3. The van der Waals surface area contributed by atoms with E-state index in [-0.39, 0.29) is 23.4 Å². The second-order valence-electron chi connectivity index (χ2n) is 4.42. The fourth-order valence-electron chi connectivity index (χ4n) is 1.64. The summed E-state index contributed by atoms with van der Waals surface area (Å²) in [7, 11) is 1.77. The van der Waals surface area contributed by atoms with Crippen LogP contribution in [-0.4, -0.2) is 33.1 Å². The van der Waals surface area contributed by atoms with Crippen molar-refractivity contribution in [2.24, 2.45) is 7.05 Å². The van der Waals surface area contributed by atoms with Gasteiger partial charge >= 0.3 is 5.97 Å². The molecule has 9 heteroatoms. The van der Waals surface area contributed by atoms with E-state index in [1.165, 1.54) is 30.0 Å². The number of halogens is 2. The van der Waals surface area contributed by atoms with Gasteiger partial charge in [0.25, 0.3) is 0 Å². The van der Waals surface area contributed by atoms with Crippen molar-refractivity contribution < 1.29 is 18.7 Å². The van der Waals surface area contributed by atoms with Crippen LogP contribution in [0.3, 0.4) is 0 Å². The summed E-state index contributed by atoms with van der Waals surface area (Å²) in [5, 5.41) is 8.57. The molecule has 23 heavy (non-hydrogen) atoms. The molecule has 0 aliphatic rings. The fraction of sp³-hybridized carbons (Fsp3) is 0.357. The third-order valence-corrected chi connectivity index (χ3v) is 4.09. The molecule has 2 aromatic rings. The molecule has 0 fully saturated rings. The summed E-state index contributed by atoms with van der Waals surface area (Å²) in [4.78, 5) is 11.3. The van der Waals surface area contributed by atoms with E-state index in [0.29, 0.717) is 23.3 Å². The van der Waals surface area contributed by atoms with Crippen molar-refractivity contribution in [2.75, 3.05) is 12.4 Å². The van der Waals surface area contributed by atoms with Crippen molar-refractivity contribution in [1.29, 1.82) is 0 Å². The van der Waals surface area contributed by atoms with Gasteiger partial charge in [-0.25, -0.2) is 4.39 Å². The predicted octanol–water partition coefficient (Wildman–Crippen LogP) is 2.84. The molecule has 0 amide bonds. The third kappa shape index (κ3) is 4.84. The average molecular weight is 360 g/mol. The van der Waals surface area contributed by atoms with Crippen LogP contribution in [0.25, 0.3) is 0 Å². The Morgan fingerprint density at radius 3 is 2.91 bits per heavy atom. The van der Waals surface area contributed by atoms with Gasteiger partial charge in [-0.3, -0.25) is 4.79 Å². The number of ether oxygens (including phenoxy) is 2. The summed E-state index contributed by atoms with van der Waals surface area (Å²) in [5.41, 5.74) is 0. The van der Waals surface area contributed by atoms with Gasteiger partial charge in [-0.15, -0.1) is 10.2 Å². The number of benzene rings is 1. The Bertz CT molecular complexity index is 696. The molecule has 2 rings (SSSR count). The lowest BCUT2D eigenvalue weighted by atomic mass is 10.3. The lowest BCUT2D eigenvalue weighted by Crippen LogP contribution is -2.08. The largest absolute Gasteiger partial charge is 0.486 e. The fourth-order valence-corrected chi connectivity index (χ4v) is 2.54. The Morgan fingerprint density at radius 2 is 2.22 bits per heavy atom. The van der Waals surface area contributed by atoms with Crippen molar-refractivity contribution in [3.05, 3.63) is 34.9 Å². The van der Waals surface area contributed by atoms with Gasteiger partial charge in [-0.2, -0.15) is 0 Å². The molecule has 0 saturated heterocycles. The molecule has 0 saturated carbocycles. The lowest BCUT2D eigenvalue weighted by Gasteiger charge is -2.07. The van der Waals surface area contributed by atoms with Gasteiger partial charge in [-0.1, -0.05) is 23.4 Å². The summed E-state index contributed by atoms with van der Waals surface area (Å²) in [6.07, 6.45) is 0. The molecule has 0 spiro atoms. The zero-order valence-electron chi connectivity index (χ0n) is 12.6. The van der Waals surface area contributed by atoms with E-state index in [0.717, 1.165) is 0 Å². The molecule has 0 aliphatic heterocycles. The maximum absolute atomic E-state index is 13.1. The molecule has 0 N–H and O–H groups in total. The van der Waals surface area contributed by atoms with Crippen LogP contribution in [0.2, 0.25) is 5.02 Å². The highest BCUT2D eigenvalue weighted by molar-refractivity contribution is 7.99. The second-order valence-corrected chi connectivity index (χ2v) is 5.77. The first-order valence-electron chi connectivity index (χ1n) is 6.75. The van der Waals surface area contributed by atoms with Gasteiger partial charge in [0, 0.05) is 13.1 Å². The van der Waals surface area contributed by atoms with Crippen LogP contribution >= 0.6 is 23.4 Å². The van der Waals surface area contributed by atoms with Crippen LogP contribution in [-0.2, 0) is 23.2 Å². The van der Waals surface area contributed by atoms with E-state index in [1.54, 1.807) is 18.5 Å². The van der Waals surface area contributed by atoms with E-state index in [4.69, 9.17) is 21.1 Å². The summed E-state index contributed by atoms with van der Waals surface area (Å²) in [5.74, 6) is 0.348. The number of carbonyl (C=O) groups excluding carboxylic acids is 1. The molecular formula is C14H15ClFN3O3S. The van der Waals surface area contributed by atoms with Crippen molar-refractivity contribution >= 4 is 29.3 Å². The molecule has 124 valence electrons. The van der Waals surface area contributed by atoms with Gasteiger partial charge in [0.15, 0.2) is 11.0 Å². The maximum Gasteiger partial charge on any atom is 0.316 e. The summed E-state index contributed by atoms with van der Waals surface area (Å²) < 4.78 is 25.2. The highest BCUT2D eigenvalue weighted by Crippen LogP contribution is 2.22. The highest BCUT2D eigenvalue weighted by Gasteiger charge is 2.12. The molecule has 1 heterocycles. The number of hydrogen-bond donors (Lipinski definition) is 0. The number of hydrogen-bond acceptors (Lipinski definition) is 6. The molecule has 0 aliphatic carbocycles. The minimum Gasteiger partial charge on any atom is -0.486 e. The lowest BCUT2D eigenvalue weighted by molar-refractivity contribution is -0.139. The normalized spacial score (nSPS) is 10.6. The molecule has 1 aromatic carbocycles. The standard InChI is InChI=1S/C14H15ClFN3O3S/c1-3-21-13(20)8-23-14-18-17-12(19(14)2)7-22-9-4-5-11(16)10(15)6-9/h4-6H,3,7-8H2,1-2H3. The molecule has 0 unspecified atom stereocenters. The van der Waals surface area contributed by atoms with E-state index in [9.17, 15) is 9.18 Å². The molecule has 0 atom stereocenters. The molecule has 0 bridgehead atoms. The summed E-state index contributed by atoms with van der Waals surface area (Å²) in [6.45, 7) is 2.24. The van der Waals surface area contributed by atoms with Gasteiger partial charge in [0.1, 0.15) is 18.2 Å². The zero-order valence-corrected chi connectivity index (χ0v) is 14.2. The number of thioether (sulfide) groups is 1. The summed E-state index contributed by atoms with van der Waals surface area (Å²) in [6, 6.07) is 4.10. The van der Waals surface area contributed by atoms with Crippen molar-refractivity contribution in [2.45, 2.75) is 18.7 Å². The van der Waals surface area contributed by atoms with Crippen LogP contribution in [0.1, 0.15) is 12.7 Å². The topological polar surface area (TPSA) is 66.2 Å². The number of aromatic nitrogens is 3. The van der Waals surface area contributed by atoms with Crippen LogP contribution < -0.4 is 4.74 Å². The Hall–Kier alpha value is -1.80. The van der Waals surface area contributed by atoms with E-state index < -0.39 is 5.82 Å². The number of rotatable bonds is 7. The van der Waals surface area contributed by atoms with Gasteiger partial charge in [-0.05, 0) is 19.1 Å². The van der Waals surface area contributed by atoms with Crippen LogP contribution in [0.4, 0.5) is 4.39 Å². The minimum absolute atomic E-state index is 0.00820. The quantitative estimate of drug-likeness (QED) is 0.559. The Kier molecular flexibility index (Phi) is 6.23. The SMILES string of the molecule is CCOC(=O)CSc1nnc(COc2ccc(F)c(Cl)c2)n1C. The van der Waals surface area contributed by atoms with Crippen molar-refractivity contribution in [3.63, 3.8) is 0 Å². The maximum atomic E-state index is 13.1. The molecule has 6 nitrogen and oxygen atoms in total. The Morgan fingerprint density at radius 1 is 1.43 bits per heavy atom. The second kappa shape index (κ2) is 8.16. The van der Waals surface area contributed by atoms with Crippen molar-refractivity contribution in [1.82, 2.24) is 14.8 Å². The minimum atomic E-state index is -0.504. The summed E-state index contributed by atoms with van der Waals surface area (Å²) >= 11 is 6.92. The first-order chi connectivity index (χ1) is 11.0. The predicted molar refractivity (Wildman–Crippen MR) is 84.1 cm³/mol. The Balaban J connectivity index is 1.93. The Labute approximate surface area is 141 Å². The molecule has 0 radical (unpaired) electrons. The third-order valence-electron chi connectivity index (χ3n) is 2.81. The first kappa shape index (κ1) is 17.6. The zero-order chi connectivity index (χ0) is 16.8. The highest BCUT2D eigenvalue weighted by atomic mass is 35.5. The molecule has 1 aromatic heterocycles. The van der Waals surface area contributed by atoms with Gasteiger partial charge in [0.05, 0.1) is 17.4 Å². The van der Waals surface area contributed by atoms with Crippen LogP contribution in [0.5, 0.6) is 5.75 Å². The van der Waals surface area contributed by atoms with Gasteiger partial charge < -0.3 is 14.0 Å². The smallest absolute Gasteiger partial charge is 0.316 e. The van der Waals surface area contributed by atoms with Crippen LogP contribution in [0.15, 0.2) is 23.4 Å². The average Bonchev–Trinajstić information content (AvgIpc) is 2.87.